The summed E-state index contributed by atoms with van der Waals surface area (Å²) in [5.41, 5.74) is 0.468. The van der Waals surface area contributed by atoms with Crippen molar-refractivity contribution in [1.29, 1.82) is 0 Å². The van der Waals surface area contributed by atoms with E-state index in [9.17, 15) is 9.90 Å². The van der Waals surface area contributed by atoms with Crippen LogP contribution < -0.4 is 16.0 Å². The number of aromatic hydroxyl groups is 1. The molecule has 0 aromatic heterocycles. The Kier molecular flexibility index (Phi) is 8.09. The lowest BCUT2D eigenvalue weighted by atomic mass is 10.1. The first-order valence-electron chi connectivity index (χ1n) is 9.26. The topological polar surface area (TPSA) is 85.8 Å². The zero-order valence-corrected chi connectivity index (χ0v) is 16.5. The second kappa shape index (κ2) is 10.3. The van der Waals surface area contributed by atoms with Crippen molar-refractivity contribution in [3.63, 3.8) is 0 Å². The van der Waals surface area contributed by atoms with Crippen molar-refractivity contribution in [2.75, 3.05) is 31.9 Å². The summed E-state index contributed by atoms with van der Waals surface area (Å²) in [7, 11) is 0. The van der Waals surface area contributed by atoms with Gasteiger partial charge in [0, 0.05) is 29.9 Å². The molecule has 1 heterocycles. The average molecular weight is 379 g/mol. The third-order valence-corrected chi connectivity index (χ3v) is 5.78. The highest BCUT2D eigenvalue weighted by atomic mass is 32.2. The van der Waals surface area contributed by atoms with Crippen LogP contribution in [0.15, 0.2) is 29.3 Å². The maximum absolute atomic E-state index is 12.0. The highest BCUT2D eigenvalue weighted by molar-refractivity contribution is 8.00. The molecule has 1 unspecified atom stereocenters. The Morgan fingerprint density at radius 2 is 2.12 bits per heavy atom. The van der Waals surface area contributed by atoms with Crippen molar-refractivity contribution in [2.45, 2.75) is 37.9 Å². The number of hydrogen-bond donors (Lipinski definition) is 4. The standard InChI is InChI=1S/C19H30N4O2S/c1-3-20-18(23-14-19(2)9-5-12-26-19)22-11-6-10-21-17(25)15-7-4-8-16(24)13-15/h4,7-8,13,24H,3,5-6,9-12,14H2,1-2H3,(H,21,25)(H2,20,22,23). The van der Waals surface area contributed by atoms with E-state index in [1.165, 1.54) is 24.7 Å². The van der Waals surface area contributed by atoms with Gasteiger partial charge in [0.15, 0.2) is 5.96 Å². The van der Waals surface area contributed by atoms with Crippen molar-refractivity contribution in [3.05, 3.63) is 29.8 Å². The van der Waals surface area contributed by atoms with E-state index in [1.54, 1.807) is 18.2 Å². The van der Waals surface area contributed by atoms with Gasteiger partial charge in [-0.15, -0.1) is 0 Å². The van der Waals surface area contributed by atoms with E-state index < -0.39 is 0 Å². The third kappa shape index (κ3) is 6.78. The van der Waals surface area contributed by atoms with Crippen molar-refractivity contribution >= 4 is 23.6 Å². The molecule has 0 spiro atoms. The van der Waals surface area contributed by atoms with Gasteiger partial charge in [-0.25, -0.2) is 0 Å². The summed E-state index contributed by atoms with van der Waals surface area (Å²) in [4.78, 5) is 16.7. The minimum Gasteiger partial charge on any atom is -0.508 e. The van der Waals surface area contributed by atoms with Crippen molar-refractivity contribution in [3.8, 4) is 5.75 Å². The summed E-state index contributed by atoms with van der Waals surface area (Å²) in [6.07, 6.45) is 3.29. The van der Waals surface area contributed by atoms with Gasteiger partial charge < -0.3 is 21.1 Å². The summed E-state index contributed by atoms with van der Waals surface area (Å²) in [6, 6.07) is 6.36. The molecule has 0 radical (unpaired) electrons. The largest absolute Gasteiger partial charge is 0.508 e. The van der Waals surface area contributed by atoms with Crippen LogP contribution in [0.1, 0.15) is 43.5 Å². The number of carbonyl (C=O) groups is 1. The molecule has 6 nitrogen and oxygen atoms in total. The third-order valence-electron chi connectivity index (χ3n) is 4.26. The monoisotopic (exact) mass is 378 g/mol. The highest BCUT2D eigenvalue weighted by Gasteiger charge is 2.29. The first-order valence-corrected chi connectivity index (χ1v) is 10.2. The van der Waals surface area contributed by atoms with E-state index in [1.807, 2.05) is 11.8 Å². The molecule has 7 heteroatoms. The lowest BCUT2D eigenvalue weighted by molar-refractivity contribution is 0.0953. The Morgan fingerprint density at radius 1 is 1.31 bits per heavy atom. The molecule has 0 bridgehead atoms. The van der Waals surface area contributed by atoms with Crippen LogP contribution in [0.4, 0.5) is 0 Å². The first-order chi connectivity index (χ1) is 12.5. The molecule has 1 aliphatic rings. The molecule has 1 atom stereocenters. The fourth-order valence-corrected chi connectivity index (χ4v) is 4.02. The smallest absolute Gasteiger partial charge is 0.251 e. The normalized spacial score (nSPS) is 20.0. The minimum atomic E-state index is -0.173. The number of aliphatic imine (C=N–C) groups is 1. The van der Waals surface area contributed by atoms with Crippen molar-refractivity contribution in [1.82, 2.24) is 16.0 Å². The van der Waals surface area contributed by atoms with Crippen LogP contribution in [0.3, 0.4) is 0 Å². The van der Waals surface area contributed by atoms with E-state index in [-0.39, 0.29) is 16.4 Å². The van der Waals surface area contributed by atoms with Gasteiger partial charge in [0.2, 0.25) is 0 Å². The van der Waals surface area contributed by atoms with Crippen LogP contribution in [-0.2, 0) is 0 Å². The molecule has 4 N–H and O–H groups in total. The molecule has 0 saturated carbocycles. The molecule has 26 heavy (non-hydrogen) atoms. The van der Waals surface area contributed by atoms with E-state index in [0.29, 0.717) is 12.1 Å². The van der Waals surface area contributed by atoms with Crippen LogP contribution >= 0.6 is 11.8 Å². The first kappa shape index (κ1) is 20.4. The number of carbonyl (C=O) groups excluding carboxylic acids is 1. The molecular formula is C19H30N4O2S. The fraction of sp³-hybridized carbons (Fsp3) is 0.579. The summed E-state index contributed by atoms with van der Waals surface area (Å²) in [5, 5.41) is 18.9. The predicted octanol–water partition coefficient (Wildman–Crippen LogP) is 2.35. The Hall–Kier alpha value is -1.89. The van der Waals surface area contributed by atoms with E-state index >= 15 is 0 Å². The highest BCUT2D eigenvalue weighted by Crippen LogP contribution is 2.37. The van der Waals surface area contributed by atoms with Crippen LogP contribution in [0.2, 0.25) is 0 Å². The molecule has 2 rings (SSSR count). The van der Waals surface area contributed by atoms with E-state index in [2.05, 4.69) is 29.8 Å². The zero-order valence-electron chi connectivity index (χ0n) is 15.7. The van der Waals surface area contributed by atoms with Gasteiger partial charge in [0.05, 0.1) is 6.54 Å². The molecule has 1 amide bonds. The number of amides is 1. The number of thioether (sulfide) groups is 1. The number of nitrogens with zero attached hydrogens (tertiary/aromatic N) is 1. The molecule has 1 fully saturated rings. The zero-order chi connectivity index (χ0) is 18.8. The van der Waals surface area contributed by atoms with Gasteiger partial charge >= 0.3 is 0 Å². The summed E-state index contributed by atoms with van der Waals surface area (Å²) >= 11 is 2.01. The quantitative estimate of drug-likeness (QED) is 0.317. The van der Waals surface area contributed by atoms with Gasteiger partial charge in [0.25, 0.3) is 5.91 Å². The van der Waals surface area contributed by atoms with Crippen LogP contribution in [0.5, 0.6) is 5.75 Å². The molecule has 1 aliphatic heterocycles. The molecule has 1 aromatic carbocycles. The molecule has 1 aromatic rings. The molecule has 1 saturated heterocycles. The Bertz CT molecular complexity index is 615. The molecule has 144 valence electrons. The van der Waals surface area contributed by atoms with Gasteiger partial charge in [-0.1, -0.05) is 6.07 Å². The number of phenols is 1. The van der Waals surface area contributed by atoms with Crippen LogP contribution in [0.25, 0.3) is 0 Å². The maximum atomic E-state index is 12.0. The maximum Gasteiger partial charge on any atom is 0.251 e. The summed E-state index contributed by atoms with van der Waals surface area (Å²) in [6.45, 7) is 7.28. The SMILES string of the molecule is CCNC(=NCC1(C)CCCS1)NCCCNC(=O)c1cccc(O)c1. The van der Waals surface area contributed by atoms with Gasteiger partial charge in [-0.2, -0.15) is 11.8 Å². The van der Waals surface area contributed by atoms with Crippen molar-refractivity contribution < 1.29 is 9.90 Å². The summed E-state index contributed by atoms with van der Waals surface area (Å²) in [5.74, 6) is 1.99. The van der Waals surface area contributed by atoms with Gasteiger partial charge in [-0.05, 0) is 57.1 Å². The van der Waals surface area contributed by atoms with E-state index in [0.717, 1.165) is 32.0 Å². The second-order valence-corrected chi connectivity index (χ2v) is 8.37. The van der Waals surface area contributed by atoms with Gasteiger partial charge in [-0.3, -0.25) is 9.79 Å². The number of hydrogen-bond acceptors (Lipinski definition) is 4. The predicted molar refractivity (Wildman–Crippen MR) is 109 cm³/mol. The number of phenolic OH excluding ortho intramolecular Hbond substituents is 1. The molecule has 0 aliphatic carbocycles. The number of rotatable bonds is 8. The van der Waals surface area contributed by atoms with E-state index in [4.69, 9.17) is 4.99 Å². The van der Waals surface area contributed by atoms with Crippen molar-refractivity contribution in [2.24, 2.45) is 4.99 Å². The summed E-state index contributed by atoms with van der Waals surface area (Å²) < 4.78 is 0.261. The lowest BCUT2D eigenvalue weighted by Crippen LogP contribution is -2.39. The number of guanidine groups is 1. The Labute approximate surface area is 160 Å². The lowest BCUT2D eigenvalue weighted by Gasteiger charge is -2.21. The molecular weight excluding hydrogens is 348 g/mol. The Balaban J connectivity index is 1.69. The fourth-order valence-electron chi connectivity index (χ4n) is 2.80. The number of benzene rings is 1. The van der Waals surface area contributed by atoms with Gasteiger partial charge in [0.1, 0.15) is 5.75 Å². The van der Waals surface area contributed by atoms with Crippen LogP contribution in [0, 0.1) is 0 Å². The Morgan fingerprint density at radius 3 is 2.81 bits per heavy atom. The second-order valence-electron chi connectivity index (χ2n) is 6.68. The number of nitrogens with one attached hydrogen (secondary N) is 3. The average Bonchev–Trinajstić information content (AvgIpc) is 3.06. The minimum absolute atomic E-state index is 0.0972. The van der Waals surface area contributed by atoms with Crippen LogP contribution in [-0.4, -0.2) is 53.7 Å².